The van der Waals surface area contributed by atoms with Gasteiger partial charge < -0.3 is 15.0 Å². The fourth-order valence-corrected chi connectivity index (χ4v) is 4.22. The second-order valence-electron chi connectivity index (χ2n) is 7.78. The van der Waals surface area contributed by atoms with E-state index < -0.39 is 16.1 Å². The summed E-state index contributed by atoms with van der Waals surface area (Å²) in [6, 6.07) is 22.8. The summed E-state index contributed by atoms with van der Waals surface area (Å²) in [4.78, 5) is 27.8. The molecule has 34 heavy (non-hydrogen) atoms. The van der Waals surface area contributed by atoms with Crippen LogP contribution in [0.3, 0.4) is 0 Å². The molecule has 0 saturated heterocycles. The van der Waals surface area contributed by atoms with Crippen LogP contribution < -0.4 is 19.7 Å². The lowest BCUT2D eigenvalue weighted by atomic mass is 10.1. The van der Waals surface area contributed by atoms with Crippen LogP contribution in [0, 0.1) is 0 Å². The zero-order valence-corrected chi connectivity index (χ0v) is 19.4. The molecule has 1 atom stereocenters. The van der Waals surface area contributed by atoms with Crippen molar-refractivity contribution in [3.63, 3.8) is 0 Å². The molecule has 1 aliphatic heterocycles. The van der Waals surface area contributed by atoms with E-state index in [0.717, 1.165) is 5.56 Å². The van der Waals surface area contributed by atoms with E-state index in [1.54, 1.807) is 42.5 Å². The lowest BCUT2D eigenvalue weighted by Gasteiger charge is -2.34. The Bertz CT molecular complexity index is 1290. The minimum Gasteiger partial charge on any atom is -0.477 e. The van der Waals surface area contributed by atoms with Crippen LogP contribution in [0.25, 0.3) is 0 Å². The number of carbonyl (C=O) groups is 2. The second kappa shape index (κ2) is 9.96. The molecule has 1 heterocycles. The third kappa shape index (κ3) is 5.37. The predicted molar refractivity (Wildman–Crippen MR) is 130 cm³/mol. The van der Waals surface area contributed by atoms with Gasteiger partial charge in [0.2, 0.25) is 10.0 Å². The van der Waals surface area contributed by atoms with E-state index in [2.05, 4.69) is 10.0 Å². The number of anilines is 2. The highest BCUT2D eigenvalue weighted by atomic mass is 32.2. The summed E-state index contributed by atoms with van der Waals surface area (Å²) < 4.78 is 32.2. The average molecular weight is 480 g/mol. The van der Waals surface area contributed by atoms with E-state index in [-0.39, 0.29) is 29.7 Å². The Hall–Kier alpha value is -3.85. The number of nitrogens with one attached hydrogen (secondary N) is 2. The third-order valence-corrected chi connectivity index (χ3v) is 6.69. The number of amides is 2. The van der Waals surface area contributed by atoms with E-state index in [1.807, 2.05) is 30.3 Å². The number of fused-ring (bicyclic) bond motifs is 1. The summed E-state index contributed by atoms with van der Waals surface area (Å²) in [7, 11) is -3.49. The normalized spacial score (nSPS) is 15.1. The van der Waals surface area contributed by atoms with Gasteiger partial charge in [-0.05, 0) is 42.8 Å². The Morgan fingerprint density at radius 2 is 1.74 bits per heavy atom. The first-order chi connectivity index (χ1) is 16.4. The maximum Gasteiger partial charge on any atom is 0.263 e. The van der Waals surface area contributed by atoms with Crippen LogP contribution >= 0.6 is 0 Å². The molecule has 0 bridgehead atoms. The summed E-state index contributed by atoms with van der Waals surface area (Å²) in [5.74, 6) is -0.360. The number of nitrogens with zero attached hydrogens (tertiary/aromatic N) is 1. The number of sulfonamides is 1. The van der Waals surface area contributed by atoms with E-state index in [4.69, 9.17) is 4.74 Å². The van der Waals surface area contributed by atoms with E-state index in [1.165, 1.54) is 17.9 Å². The number of benzene rings is 3. The lowest BCUT2D eigenvalue weighted by Crippen LogP contribution is -2.50. The van der Waals surface area contributed by atoms with Crippen LogP contribution in [-0.2, 0) is 21.4 Å². The number of carbonyl (C=O) groups excluding carboxylic acids is 2. The van der Waals surface area contributed by atoms with E-state index in [0.29, 0.717) is 23.7 Å². The zero-order chi connectivity index (χ0) is 24.1. The van der Waals surface area contributed by atoms with Crippen molar-refractivity contribution in [1.29, 1.82) is 0 Å². The van der Waals surface area contributed by atoms with Crippen LogP contribution in [0.5, 0.6) is 5.75 Å². The Morgan fingerprint density at radius 1 is 1.00 bits per heavy atom. The SMILES string of the molecule is CCS(=O)(=O)Nc1cccc(C(=O)N2C[C@H](C(=O)NCc3ccccc3)Oc3ccccc32)c1. The van der Waals surface area contributed by atoms with Crippen molar-refractivity contribution in [2.45, 2.75) is 19.6 Å². The maximum absolute atomic E-state index is 13.5. The Morgan fingerprint density at radius 3 is 2.50 bits per heavy atom. The standard InChI is InChI=1S/C25H25N3O5S/c1-2-34(31,32)27-20-12-8-11-19(15-20)25(30)28-17-23(33-22-14-7-6-13-21(22)28)24(29)26-16-18-9-4-3-5-10-18/h3-15,23,27H,2,16-17H2,1H3,(H,26,29)/t23-/m1/s1. The Labute approximate surface area is 198 Å². The molecule has 0 unspecified atom stereocenters. The molecular formula is C25H25N3O5S. The van der Waals surface area contributed by atoms with E-state index in [9.17, 15) is 18.0 Å². The summed E-state index contributed by atoms with van der Waals surface area (Å²) in [6.07, 6.45) is -0.899. The Balaban J connectivity index is 1.56. The highest BCUT2D eigenvalue weighted by Crippen LogP contribution is 2.34. The molecule has 8 nitrogen and oxygen atoms in total. The van der Waals surface area contributed by atoms with Crippen molar-refractivity contribution < 1.29 is 22.7 Å². The average Bonchev–Trinajstić information content (AvgIpc) is 2.86. The van der Waals surface area contributed by atoms with Crippen molar-refractivity contribution in [3.8, 4) is 5.75 Å². The lowest BCUT2D eigenvalue weighted by molar-refractivity contribution is -0.128. The van der Waals surface area contributed by atoms with Gasteiger partial charge in [-0.1, -0.05) is 48.5 Å². The van der Waals surface area contributed by atoms with Gasteiger partial charge in [0.15, 0.2) is 6.10 Å². The largest absolute Gasteiger partial charge is 0.477 e. The zero-order valence-electron chi connectivity index (χ0n) is 18.6. The van der Waals surface area contributed by atoms with Gasteiger partial charge in [-0.25, -0.2) is 8.42 Å². The number of hydrogen-bond acceptors (Lipinski definition) is 5. The highest BCUT2D eigenvalue weighted by Gasteiger charge is 2.34. The third-order valence-electron chi connectivity index (χ3n) is 5.38. The molecule has 0 radical (unpaired) electrons. The van der Waals surface area contributed by atoms with Crippen LogP contribution in [0.1, 0.15) is 22.8 Å². The molecule has 2 amide bonds. The van der Waals surface area contributed by atoms with Crippen molar-refractivity contribution in [3.05, 3.63) is 90.0 Å². The molecule has 3 aromatic carbocycles. The molecule has 0 aromatic heterocycles. The van der Waals surface area contributed by atoms with Gasteiger partial charge in [-0.15, -0.1) is 0 Å². The monoisotopic (exact) mass is 479 g/mol. The van der Waals surface area contributed by atoms with Gasteiger partial charge in [0.05, 0.1) is 18.0 Å². The number of ether oxygens (including phenoxy) is 1. The fraction of sp³-hybridized carbons (Fsp3) is 0.200. The molecule has 1 aliphatic rings. The van der Waals surface area contributed by atoms with Crippen LogP contribution in [-0.4, -0.2) is 38.6 Å². The smallest absolute Gasteiger partial charge is 0.263 e. The fourth-order valence-electron chi connectivity index (χ4n) is 3.59. The molecule has 0 aliphatic carbocycles. The topological polar surface area (TPSA) is 105 Å². The second-order valence-corrected chi connectivity index (χ2v) is 9.79. The van der Waals surface area contributed by atoms with Gasteiger partial charge in [-0.3, -0.25) is 14.3 Å². The molecular weight excluding hydrogens is 454 g/mol. The molecule has 3 aromatic rings. The predicted octanol–water partition coefficient (Wildman–Crippen LogP) is 3.17. The molecule has 0 spiro atoms. The summed E-state index contributed by atoms with van der Waals surface area (Å²) in [5.41, 5.74) is 2.08. The molecule has 2 N–H and O–H groups in total. The van der Waals surface area contributed by atoms with Gasteiger partial charge in [0, 0.05) is 17.8 Å². The first-order valence-corrected chi connectivity index (χ1v) is 12.5. The number of para-hydroxylation sites is 2. The van der Waals surface area contributed by atoms with Gasteiger partial charge >= 0.3 is 0 Å². The maximum atomic E-state index is 13.5. The summed E-state index contributed by atoms with van der Waals surface area (Å²) >= 11 is 0. The molecule has 0 fully saturated rings. The summed E-state index contributed by atoms with van der Waals surface area (Å²) in [6.45, 7) is 1.89. The van der Waals surface area contributed by atoms with Gasteiger partial charge in [-0.2, -0.15) is 0 Å². The molecule has 0 saturated carbocycles. The highest BCUT2D eigenvalue weighted by molar-refractivity contribution is 7.92. The first kappa shape index (κ1) is 23.3. The van der Waals surface area contributed by atoms with Crippen molar-refractivity contribution in [1.82, 2.24) is 5.32 Å². The van der Waals surface area contributed by atoms with Crippen molar-refractivity contribution >= 4 is 33.2 Å². The van der Waals surface area contributed by atoms with Crippen molar-refractivity contribution in [2.75, 3.05) is 21.9 Å². The van der Waals surface area contributed by atoms with Crippen LogP contribution in [0.15, 0.2) is 78.9 Å². The minimum absolute atomic E-state index is 0.0153. The number of hydrogen-bond donors (Lipinski definition) is 2. The van der Waals surface area contributed by atoms with Gasteiger partial charge in [0.25, 0.3) is 11.8 Å². The number of rotatable bonds is 7. The van der Waals surface area contributed by atoms with E-state index >= 15 is 0 Å². The quantitative estimate of drug-likeness (QED) is 0.542. The molecule has 176 valence electrons. The minimum atomic E-state index is -3.49. The van der Waals surface area contributed by atoms with Crippen LogP contribution in [0.4, 0.5) is 11.4 Å². The first-order valence-electron chi connectivity index (χ1n) is 10.9. The van der Waals surface area contributed by atoms with Gasteiger partial charge in [0.1, 0.15) is 5.75 Å². The molecule has 4 rings (SSSR count). The Kier molecular flexibility index (Phi) is 6.83. The van der Waals surface area contributed by atoms with Crippen molar-refractivity contribution in [2.24, 2.45) is 0 Å². The summed E-state index contributed by atoms with van der Waals surface area (Å²) in [5, 5.41) is 2.86. The van der Waals surface area contributed by atoms with Crippen LogP contribution in [0.2, 0.25) is 0 Å². The molecule has 9 heteroatoms.